The van der Waals surface area contributed by atoms with E-state index in [4.69, 9.17) is 0 Å². The van der Waals surface area contributed by atoms with Gasteiger partial charge in [-0.3, -0.25) is 10.1 Å². The molecule has 1 aliphatic heterocycles. The molecule has 1 aromatic rings. The van der Waals surface area contributed by atoms with E-state index in [1.807, 2.05) is 6.07 Å². The summed E-state index contributed by atoms with van der Waals surface area (Å²) in [4.78, 5) is 16.9. The van der Waals surface area contributed by atoms with Gasteiger partial charge in [0.25, 0.3) is 5.69 Å². The van der Waals surface area contributed by atoms with Gasteiger partial charge >= 0.3 is 0 Å². The average Bonchev–Trinajstić information content (AvgIpc) is 2.45. The molecule has 1 saturated heterocycles. The number of anilines is 1. The van der Waals surface area contributed by atoms with Gasteiger partial charge in [-0.25, -0.2) is 4.98 Å². The van der Waals surface area contributed by atoms with Crippen molar-refractivity contribution >= 4 is 11.5 Å². The molecule has 1 unspecified atom stereocenters. The van der Waals surface area contributed by atoms with Crippen LogP contribution in [0.3, 0.4) is 0 Å². The fourth-order valence-corrected chi connectivity index (χ4v) is 2.67. The Hall–Kier alpha value is -1.69. The molecule has 0 spiro atoms. The van der Waals surface area contributed by atoms with Crippen molar-refractivity contribution in [1.29, 1.82) is 0 Å². The number of aryl methyl sites for hydroxylation is 1. The first-order valence-electron chi connectivity index (χ1n) is 7.18. The lowest BCUT2D eigenvalue weighted by Crippen LogP contribution is -2.38. The van der Waals surface area contributed by atoms with Gasteiger partial charge in [0.15, 0.2) is 0 Å². The summed E-state index contributed by atoms with van der Waals surface area (Å²) in [6.07, 6.45) is 3.82. The third-order valence-electron chi connectivity index (χ3n) is 3.85. The molecule has 1 aromatic heterocycles. The van der Waals surface area contributed by atoms with Gasteiger partial charge in [-0.15, -0.1) is 0 Å². The summed E-state index contributed by atoms with van der Waals surface area (Å²) in [7, 11) is 0. The van der Waals surface area contributed by atoms with Gasteiger partial charge in [0, 0.05) is 18.7 Å². The molecule has 0 aromatic carbocycles. The maximum absolute atomic E-state index is 10.8. The van der Waals surface area contributed by atoms with Gasteiger partial charge in [-0.1, -0.05) is 0 Å². The molecular weight excluding hydrogens is 256 g/mol. The van der Waals surface area contributed by atoms with E-state index < -0.39 is 0 Å². The maximum atomic E-state index is 10.8. The zero-order chi connectivity index (χ0) is 14.5. The van der Waals surface area contributed by atoms with E-state index in [1.54, 1.807) is 6.92 Å². The lowest BCUT2D eigenvalue weighted by atomic mass is 9.99. The van der Waals surface area contributed by atoms with Crippen LogP contribution in [-0.2, 0) is 0 Å². The molecule has 1 fully saturated rings. The Kier molecular flexibility index (Phi) is 4.89. The third-order valence-corrected chi connectivity index (χ3v) is 3.85. The largest absolute Gasteiger partial charge is 0.357 e. The zero-order valence-corrected chi connectivity index (χ0v) is 12.1. The number of nitrogens with one attached hydrogen (secondary N) is 1. The molecule has 0 amide bonds. The minimum atomic E-state index is -0.381. The second-order valence-corrected chi connectivity index (χ2v) is 5.34. The van der Waals surface area contributed by atoms with Crippen molar-refractivity contribution in [1.82, 2.24) is 10.3 Å². The lowest BCUT2D eigenvalue weighted by molar-refractivity contribution is -0.385. The molecule has 110 valence electrons. The smallest absolute Gasteiger partial charge is 0.290 e. The van der Waals surface area contributed by atoms with Crippen molar-refractivity contribution in [2.75, 3.05) is 31.1 Å². The molecule has 2 heterocycles. The summed E-state index contributed by atoms with van der Waals surface area (Å²) in [5.41, 5.74) is 0.754. The summed E-state index contributed by atoms with van der Waals surface area (Å²) in [5.74, 6) is 1.46. The molecule has 6 nitrogen and oxygen atoms in total. The highest BCUT2D eigenvalue weighted by Crippen LogP contribution is 2.23. The molecule has 2 rings (SSSR count). The Morgan fingerprint density at radius 2 is 2.40 bits per heavy atom. The summed E-state index contributed by atoms with van der Waals surface area (Å²) in [6.45, 7) is 7.82. The maximum Gasteiger partial charge on any atom is 0.290 e. The molecule has 1 N–H and O–H groups in total. The SMILES string of the molecule is CCN(CC1CCCNC1)c1cc(C)c([N+](=O)[O-])cn1. The monoisotopic (exact) mass is 278 g/mol. The van der Waals surface area contributed by atoms with Crippen LogP contribution in [-0.4, -0.2) is 36.1 Å². The van der Waals surface area contributed by atoms with Crippen LogP contribution in [0, 0.1) is 23.0 Å². The molecule has 6 heteroatoms. The minimum Gasteiger partial charge on any atom is -0.357 e. The Labute approximate surface area is 119 Å². The van der Waals surface area contributed by atoms with Crippen molar-refractivity contribution < 1.29 is 4.92 Å². The minimum absolute atomic E-state index is 0.0872. The quantitative estimate of drug-likeness (QED) is 0.660. The number of aromatic nitrogens is 1. The normalized spacial score (nSPS) is 18.8. The molecule has 1 atom stereocenters. The molecular formula is C14H22N4O2. The van der Waals surface area contributed by atoms with E-state index in [1.165, 1.54) is 19.0 Å². The highest BCUT2D eigenvalue weighted by atomic mass is 16.6. The number of piperidine rings is 1. The summed E-state index contributed by atoms with van der Waals surface area (Å²) in [6, 6.07) is 1.82. The lowest BCUT2D eigenvalue weighted by Gasteiger charge is -2.30. The van der Waals surface area contributed by atoms with E-state index in [0.717, 1.165) is 32.0 Å². The number of nitro groups is 1. The van der Waals surface area contributed by atoms with Crippen LogP contribution in [0.5, 0.6) is 0 Å². The summed E-state index contributed by atoms with van der Waals surface area (Å²) < 4.78 is 0. The van der Waals surface area contributed by atoms with Crippen LogP contribution < -0.4 is 10.2 Å². The van der Waals surface area contributed by atoms with Crippen LogP contribution in [0.25, 0.3) is 0 Å². The van der Waals surface area contributed by atoms with Crippen molar-refractivity contribution in [2.24, 2.45) is 5.92 Å². The second kappa shape index (κ2) is 6.65. The molecule has 20 heavy (non-hydrogen) atoms. The number of hydrogen-bond acceptors (Lipinski definition) is 5. The predicted molar refractivity (Wildman–Crippen MR) is 79.1 cm³/mol. The van der Waals surface area contributed by atoms with Gasteiger partial charge < -0.3 is 10.2 Å². The number of nitrogens with zero attached hydrogens (tertiary/aromatic N) is 3. The van der Waals surface area contributed by atoms with Gasteiger partial charge in [0.05, 0.1) is 4.92 Å². The fourth-order valence-electron chi connectivity index (χ4n) is 2.67. The van der Waals surface area contributed by atoms with Crippen molar-refractivity contribution in [3.8, 4) is 0 Å². The van der Waals surface area contributed by atoms with Crippen LogP contribution in [0.4, 0.5) is 11.5 Å². The van der Waals surface area contributed by atoms with Gasteiger partial charge in [0.1, 0.15) is 12.0 Å². The Morgan fingerprint density at radius 3 is 2.95 bits per heavy atom. The summed E-state index contributed by atoms with van der Waals surface area (Å²) >= 11 is 0. The number of rotatable bonds is 5. The van der Waals surface area contributed by atoms with Crippen LogP contribution in [0.15, 0.2) is 12.3 Å². The highest BCUT2D eigenvalue weighted by Gasteiger charge is 2.19. The zero-order valence-electron chi connectivity index (χ0n) is 12.1. The predicted octanol–water partition coefficient (Wildman–Crippen LogP) is 2.12. The Bertz CT molecular complexity index is 472. The van der Waals surface area contributed by atoms with Crippen molar-refractivity contribution in [3.05, 3.63) is 27.9 Å². The van der Waals surface area contributed by atoms with Gasteiger partial charge in [-0.05, 0) is 51.8 Å². The second-order valence-electron chi connectivity index (χ2n) is 5.34. The molecule has 1 aliphatic rings. The highest BCUT2D eigenvalue weighted by molar-refractivity contribution is 5.48. The van der Waals surface area contributed by atoms with E-state index in [9.17, 15) is 10.1 Å². The third kappa shape index (κ3) is 3.45. The average molecular weight is 278 g/mol. The van der Waals surface area contributed by atoms with E-state index in [0.29, 0.717) is 11.5 Å². The number of pyridine rings is 1. The topological polar surface area (TPSA) is 71.3 Å². The van der Waals surface area contributed by atoms with E-state index >= 15 is 0 Å². The molecule has 0 saturated carbocycles. The Morgan fingerprint density at radius 1 is 1.60 bits per heavy atom. The van der Waals surface area contributed by atoms with Crippen LogP contribution in [0.1, 0.15) is 25.3 Å². The molecule has 0 radical (unpaired) electrons. The van der Waals surface area contributed by atoms with E-state index in [2.05, 4.69) is 22.1 Å². The first-order chi connectivity index (χ1) is 9.61. The molecule has 0 aliphatic carbocycles. The number of hydrogen-bond donors (Lipinski definition) is 1. The summed E-state index contributed by atoms with van der Waals surface area (Å²) in [5, 5.41) is 14.2. The van der Waals surface area contributed by atoms with Crippen molar-refractivity contribution in [3.63, 3.8) is 0 Å². The van der Waals surface area contributed by atoms with Crippen LogP contribution >= 0.6 is 0 Å². The van der Waals surface area contributed by atoms with Crippen molar-refractivity contribution in [2.45, 2.75) is 26.7 Å². The van der Waals surface area contributed by atoms with Crippen LogP contribution in [0.2, 0.25) is 0 Å². The molecule has 0 bridgehead atoms. The van der Waals surface area contributed by atoms with Gasteiger partial charge in [0.2, 0.25) is 0 Å². The standard InChI is InChI=1S/C14H22N4O2/c1-3-17(10-12-5-4-6-15-8-12)14-7-11(2)13(9-16-14)18(19)20/h7,9,12,15H,3-6,8,10H2,1-2H3. The first-order valence-corrected chi connectivity index (χ1v) is 7.18. The van der Waals surface area contributed by atoms with Gasteiger partial charge in [-0.2, -0.15) is 0 Å². The Balaban J connectivity index is 2.10. The first kappa shape index (κ1) is 14.7. The van der Waals surface area contributed by atoms with E-state index in [-0.39, 0.29) is 10.6 Å². The fraction of sp³-hybridized carbons (Fsp3) is 0.643.